The highest BCUT2D eigenvalue weighted by molar-refractivity contribution is 7.79. The Morgan fingerprint density at radius 2 is 1.92 bits per heavy atom. The van der Waals surface area contributed by atoms with Crippen molar-refractivity contribution in [3.8, 4) is 5.75 Å². The summed E-state index contributed by atoms with van der Waals surface area (Å²) in [7, 11) is 0. The van der Waals surface area contributed by atoms with Crippen molar-refractivity contribution in [3.63, 3.8) is 0 Å². The van der Waals surface area contributed by atoms with Crippen LogP contribution in [0, 0.1) is 0 Å². The van der Waals surface area contributed by atoms with Crippen LogP contribution in [0.15, 0.2) is 78.0 Å². The summed E-state index contributed by atoms with van der Waals surface area (Å²) < 4.78 is 28.6. The number of aromatic nitrogens is 1. The molecule has 0 saturated heterocycles. The Balaban J connectivity index is 1.73. The number of benzene rings is 2. The highest BCUT2D eigenvalue weighted by Crippen LogP contribution is 2.22. The number of hydrogen-bond donors (Lipinski definition) is 1. The molecule has 0 radical (unpaired) electrons. The molecule has 1 aromatic heterocycles. The molecule has 6 heteroatoms. The maximum Gasteiger partial charge on any atom is 0.120 e. The number of pyridine rings is 1. The standard InChI is InChI=1S/C19H18N2O3S/c22-25(23)19-9-8-18(24-14-15-5-4-10-20-12-15)11-16(19)13-21-17-6-2-1-3-7-17/h1-12,21H,13-14H2,(H,22,23)/p-1. The van der Waals surface area contributed by atoms with E-state index in [2.05, 4.69) is 10.3 Å². The maximum atomic E-state index is 11.4. The van der Waals surface area contributed by atoms with Crippen LogP contribution in [0.2, 0.25) is 0 Å². The molecule has 0 fully saturated rings. The lowest BCUT2D eigenvalue weighted by atomic mass is 10.2. The summed E-state index contributed by atoms with van der Waals surface area (Å²) in [6, 6.07) is 18.4. The first-order valence-electron chi connectivity index (χ1n) is 7.75. The number of ether oxygens (including phenoxy) is 1. The van der Waals surface area contributed by atoms with Crippen LogP contribution in [-0.4, -0.2) is 13.7 Å². The van der Waals surface area contributed by atoms with Crippen LogP contribution >= 0.6 is 0 Å². The Morgan fingerprint density at radius 3 is 2.64 bits per heavy atom. The zero-order chi connectivity index (χ0) is 17.5. The minimum absolute atomic E-state index is 0.261. The van der Waals surface area contributed by atoms with Crippen molar-refractivity contribution >= 4 is 16.8 Å². The van der Waals surface area contributed by atoms with Crippen molar-refractivity contribution in [2.45, 2.75) is 18.0 Å². The lowest BCUT2D eigenvalue weighted by Gasteiger charge is -2.15. The van der Waals surface area contributed by atoms with Gasteiger partial charge in [-0.2, -0.15) is 0 Å². The molecule has 3 aromatic rings. The molecular weight excluding hydrogens is 336 g/mol. The van der Waals surface area contributed by atoms with Gasteiger partial charge in [-0.3, -0.25) is 9.19 Å². The highest BCUT2D eigenvalue weighted by Gasteiger charge is 2.06. The normalized spacial score (nSPS) is 11.7. The molecule has 25 heavy (non-hydrogen) atoms. The molecule has 1 unspecified atom stereocenters. The predicted molar refractivity (Wildman–Crippen MR) is 96.0 cm³/mol. The van der Waals surface area contributed by atoms with Crippen molar-refractivity contribution in [2.75, 3.05) is 5.32 Å². The third-order valence-electron chi connectivity index (χ3n) is 3.60. The molecule has 1 atom stereocenters. The Morgan fingerprint density at radius 1 is 1.08 bits per heavy atom. The van der Waals surface area contributed by atoms with Crippen LogP contribution in [0.25, 0.3) is 0 Å². The Labute approximate surface area is 149 Å². The molecular formula is C19H17N2O3S-. The van der Waals surface area contributed by atoms with E-state index in [4.69, 9.17) is 4.74 Å². The van der Waals surface area contributed by atoms with Gasteiger partial charge in [0, 0.05) is 35.1 Å². The summed E-state index contributed by atoms with van der Waals surface area (Å²) in [5.41, 5.74) is 2.52. The molecule has 0 aliphatic carbocycles. The molecule has 1 N–H and O–H groups in total. The minimum atomic E-state index is -2.30. The van der Waals surface area contributed by atoms with Gasteiger partial charge in [0.05, 0.1) is 0 Å². The fourth-order valence-electron chi connectivity index (χ4n) is 2.35. The number of hydrogen-bond acceptors (Lipinski definition) is 5. The Hall–Kier alpha value is -2.70. The lowest BCUT2D eigenvalue weighted by molar-refractivity contribution is 0.305. The molecule has 0 saturated carbocycles. The highest BCUT2D eigenvalue weighted by atomic mass is 32.2. The second-order valence-corrected chi connectivity index (χ2v) is 6.28. The number of nitrogens with zero attached hydrogens (tertiary/aromatic N) is 1. The van der Waals surface area contributed by atoms with Gasteiger partial charge < -0.3 is 14.6 Å². The van der Waals surface area contributed by atoms with E-state index in [9.17, 15) is 8.76 Å². The van der Waals surface area contributed by atoms with Gasteiger partial charge in [-0.05, 0) is 53.0 Å². The van der Waals surface area contributed by atoms with Gasteiger partial charge in [-0.25, -0.2) is 0 Å². The van der Waals surface area contributed by atoms with Crippen LogP contribution < -0.4 is 10.1 Å². The van der Waals surface area contributed by atoms with Crippen molar-refractivity contribution in [2.24, 2.45) is 0 Å². The summed E-state index contributed by atoms with van der Waals surface area (Å²) in [5, 5.41) is 3.22. The molecule has 0 bridgehead atoms. The van der Waals surface area contributed by atoms with Crippen LogP contribution in [-0.2, 0) is 24.2 Å². The molecule has 128 valence electrons. The summed E-state index contributed by atoms with van der Waals surface area (Å²) in [6.45, 7) is 0.761. The smallest absolute Gasteiger partial charge is 0.120 e. The van der Waals surface area contributed by atoms with E-state index in [1.165, 1.54) is 0 Å². The van der Waals surface area contributed by atoms with Crippen LogP contribution in [0.5, 0.6) is 5.75 Å². The molecule has 3 rings (SSSR count). The molecule has 1 heterocycles. The van der Waals surface area contributed by atoms with E-state index < -0.39 is 11.1 Å². The number of anilines is 1. The fourth-order valence-corrected chi connectivity index (χ4v) is 2.87. The first kappa shape index (κ1) is 17.1. The van der Waals surface area contributed by atoms with Crippen molar-refractivity contribution in [1.82, 2.24) is 4.98 Å². The molecule has 0 amide bonds. The molecule has 5 nitrogen and oxygen atoms in total. The van der Waals surface area contributed by atoms with Crippen molar-refractivity contribution < 1.29 is 13.5 Å². The van der Waals surface area contributed by atoms with E-state index in [1.54, 1.807) is 30.6 Å². The Kier molecular flexibility index (Phi) is 5.77. The van der Waals surface area contributed by atoms with E-state index in [0.29, 0.717) is 24.5 Å². The monoisotopic (exact) mass is 353 g/mol. The second-order valence-electron chi connectivity index (χ2n) is 5.37. The summed E-state index contributed by atoms with van der Waals surface area (Å²) in [5.74, 6) is 0.614. The van der Waals surface area contributed by atoms with E-state index >= 15 is 0 Å². The van der Waals surface area contributed by atoms with Crippen LogP contribution in [0.3, 0.4) is 0 Å². The first-order chi connectivity index (χ1) is 12.2. The SMILES string of the molecule is O=S([O-])c1ccc(OCc2cccnc2)cc1CNc1ccccc1. The number of para-hydroxylation sites is 1. The third-order valence-corrected chi connectivity index (χ3v) is 4.35. The fraction of sp³-hybridized carbons (Fsp3) is 0.105. The first-order valence-corrected chi connectivity index (χ1v) is 8.82. The van der Waals surface area contributed by atoms with Gasteiger partial charge in [0.15, 0.2) is 0 Å². The van der Waals surface area contributed by atoms with Gasteiger partial charge in [-0.15, -0.1) is 0 Å². The van der Waals surface area contributed by atoms with Crippen LogP contribution in [0.4, 0.5) is 5.69 Å². The number of rotatable bonds is 7. The van der Waals surface area contributed by atoms with Gasteiger partial charge in [0.25, 0.3) is 0 Å². The van der Waals surface area contributed by atoms with E-state index in [0.717, 1.165) is 11.3 Å². The topological polar surface area (TPSA) is 74.3 Å². The molecule has 0 aliphatic rings. The van der Waals surface area contributed by atoms with Crippen LogP contribution in [0.1, 0.15) is 11.1 Å². The van der Waals surface area contributed by atoms with Gasteiger partial charge >= 0.3 is 0 Å². The molecule has 0 aliphatic heterocycles. The lowest BCUT2D eigenvalue weighted by Crippen LogP contribution is -2.05. The average Bonchev–Trinajstić information content (AvgIpc) is 2.66. The molecule has 0 spiro atoms. The van der Waals surface area contributed by atoms with E-state index in [1.807, 2.05) is 42.5 Å². The summed E-state index contributed by atoms with van der Waals surface area (Å²) in [6.07, 6.45) is 3.44. The third kappa shape index (κ3) is 4.89. The van der Waals surface area contributed by atoms with Crippen molar-refractivity contribution in [1.29, 1.82) is 0 Å². The zero-order valence-corrected chi connectivity index (χ0v) is 14.2. The predicted octanol–water partition coefficient (Wildman–Crippen LogP) is 3.51. The van der Waals surface area contributed by atoms with Gasteiger partial charge in [0.2, 0.25) is 0 Å². The van der Waals surface area contributed by atoms with E-state index in [-0.39, 0.29) is 4.90 Å². The maximum absolute atomic E-state index is 11.4. The summed E-state index contributed by atoms with van der Waals surface area (Å²) in [4.78, 5) is 4.30. The largest absolute Gasteiger partial charge is 0.768 e. The average molecular weight is 353 g/mol. The van der Waals surface area contributed by atoms with Gasteiger partial charge in [0.1, 0.15) is 12.4 Å². The molecule has 2 aromatic carbocycles. The second kappa shape index (κ2) is 8.41. The zero-order valence-electron chi connectivity index (χ0n) is 13.4. The van der Waals surface area contributed by atoms with Gasteiger partial charge in [-0.1, -0.05) is 24.3 Å². The minimum Gasteiger partial charge on any atom is -0.768 e. The summed E-state index contributed by atoms with van der Waals surface area (Å²) >= 11 is -2.30. The quantitative estimate of drug-likeness (QED) is 0.658. The Bertz CT molecular complexity index is 842. The number of nitrogens with one attached hydrogen (secondary N) is 1. The van der Waals surface area contributed by atoms with Crippen molar-refractivity contribution in [3.05, 3.63) is 84.2 Å².